The second-order valence-corrected chi connectivity index (χ2v) is 8.63. The van der Waals surface area contributed by atoms with Gasteiger partial charge in [0.2, 0.25) is 5.95 Å². The van der Waals surface area contributed by atoms with Gasteiger partial charge in [0, 0.05) is 44.7 Å². The summed E-state index contributed by atoms with van der Waals surface area (Å²) < 4.78 is 40.7. The Labute approximate surface area is 206 Å². The molecule has 1 aliphatic heterocycles. The van der Waals surface area contributed by atoms with Crippen molar-refractivity contribution < 1.29 is 23.1 Å². The lowest BCUT2D eigenvalue weighted by atomic mass is 10.0. The third-order valence-corrected chi connectivity index (χ3v) is 5.77. The highest BCUT2D eigenvalue weighted by Gasteiger charge is 2.37. The second kappa shape index (κ2) is 11.6. The van der Waals surface area contributed by atoms with Crippen LogP contribution in [0, 0.1) is 0 Å². The fraction of sp³-hybridized carbons (Fsp3) is 0.640. The largest absolute Gasteiger partial charge is 0.490 e. The summed E-state index contributed by atoms with van der Waals surface area (Å²) in [4.78, 5) is 23.9. The fourth-order valence-electron chi connectivity index (χ4n) is 3.96. The van der Waals surface area contributed by atoms with E-state index in [9.17, 15) is 4.79 Å². The molecule has 1 unspecified atom stereocenters. The van der Waals surface area contributed by atoms with Gasteiger partial charge in [-0.1, -0.05) is 0 Å². The minimum Gasteiger partial charge on any atom is -0.490 e. The Kier molecular flexibility index (Phi) is 7.37. The zero-order valence-corrected chi connectivity index (χ0v) is 21.1. The number of rotatable bonds is 12. The molecule has 0 radical (unpaired) electrons. The van der Waals surface area contributed by atoms with Crippen molar-refractivity contribution in [2.24, 2.45) is 0 Å². The number of aromatic nitrogens is 2. The maximum Gasteiger partial charge on any atom is 0.251 e. The minimum atomic E-state index is -1.95. The van der Waals surface area contributed by atoms with E-state index in [2.05, 4.69) is 15.6 Å². The number of hydrogen-bond donors (Lipinski definition) is 2. The van der Waals surface area contributed by atoms with Crippen LogP contribution in [-0.2, 0) is 9.53 Å². The molecule has 1 aliphatic rings. The molecule has 2 aromatic rings. The van der Waals surface area contributed by atoms with Gasteiger partial charge in [0.15, 0.2) is 11.5 Å². The van der Waals surface area contributed by atoms with Gasteiger partial charge < -0.3 is 29.7 Å². The number of carbonyl (C=O) groups is 1. The van der Waals surface area contributed by atoms with E-state index in [0.29, 0.717) is 55.3 Å². The van der Waals surface area contributed by atoms with Crippen molar-refractivity contribution >= 4 is 28.6 Å². The number of nitrogens with zero attached hydrogens (tertiary/aromatic N) is 3. The van der Waals surface area contributed by atoms with Crippen LogP contribution >= 0.6 is 0 Å². The van der Waals surface area contributed by atoms with Crippen LogP contribution in [-0.4, -0.2) is 67.4 Å². The van der Waals surface area contributed by atoms with Crippen LogP contribution in [0.3, 0.4) is 0 Å². The molecule has 0 aliphatic carbocycles. The van der Waals surface area contributed by atoms with Gasteiger partial charge in [-0.3, -0.25) is 4.79 Å². The van der Waals surface area contributed by atoms with E-state index in [1.54, 1.807) is 33.0 Å². The van der Waals surface area contributed by atoms with Crippen LogP contribution in [0.2, 0.25) is 0 Å². The van der Waals surface area contributed by atoms with Gasteiger partial charge in [-0.15, -0.1) is 0 Å². The second-order valence-electron chi connectivity index (χ2n) is 8.63. The Hall–Kier alpha value is -2.81. The maximum absolute atomic E-state index is 12.5. The molecule has 0 spiro atoms. The Morgan fingerprint density at radius 1 is 1.35 bits per heavy atom. The van der Waals surface area contributed by atoms with E-state index < -0.39 is 18.2 Å². The molecule has 2 heterocycles. The topological polar surface area (TPSA) is 97.8 Å². The highest BCUT2D eigenvalue weighted by Crippen LogP contribution is 2.36. The van der Waals surface area contributed by atoms with Crippen LogP contribution in [0.1, 0.15) is 58.0 Å². The quantitative estimate of drug-likeness (QED) is 0.447. The molecule has 34 heavy (non-hydrogen) atoms. The Morgan fingerprint density at radius 3 is 2.76 bits per heavy atom. The third kappa shape index (κ3) is 6.00. The number of carbonyl (C=O) groups excluding carboxylic acids is 1. The predicted octanol–water partition coefficient (Wildman–Crippen LogP) is 3.76. The van der Waals surface area contributed by atoms with E-state index in [1.165, 1.54) is 6.92 Å². The molecule has 1 saturated heterocycles. The number of amides is 1. The predicted molar refractivity (Wildman–Crippen MR) is 135 cm³/mol. The van der Waals surface area contributed by atoms with Gasteiger partial charge in [0.25, 0.3) is 5.91 Å². The zero-order valence-electron chi connectivity index (χ0n) is 24.1. The molecule has 0 bridgehead atoms. The summed E-state index contributed by atoms with van der Waals surface area (Å²) in [5.41, 5.74) is -0.170. The summed E-state index contributed by atoms with van der Waals surface area (Å²) in [6, 6.07) is 3.28. The van der Waals surface area contributed by atoms with Crippen molar-refractivity contribution in [3.05, 3.63) is 12.1 Å². The van der Waals surface area contributed by atoms with Gasteiger partial charge in [0.1, 0.15) is 11.4 Å². The van der Waals surface area contributed by atoms with Crippen molar-refractivity contribution in [1.82, 2.24) is 15.3 Å². The van der Waals surface area contributed by atoms with Crippen molar-refractivity contribution in [3.63, 3.8) is 0 Å². The standard InChI is InChI=1S/C25H39N5O4/c1-7-30(13-10-12-27-23(31)25(5)11-9-14-33-25)24-28-19-16-21(34-17(3)4)20(32-8-2)15-18(19)22(26-6)29-24/h15-17H,7-14H2,1-6H3,(H,27,31)(H,26,28,29)/i8D2,17D. The van der Waals surface area contributed by atoms with Crippen LogP contribution in [0.15, 0.2) is 12.1 Å². The summed E-state index contributed by atoms with van der Waals surface area (Å²) in [6.45, 7) is 8.78. The summed E-state index contributed by atoms with van der Waals surface area (Å²) in [5, 5.41) is 6.70. The molecule has 3 rings (SSSR count). The monoisotopic (exact) mass is 476 g/mol. The van der Waals surface area contributed by atoms with Crippen molar-refractivity contribution in [2.45, 2.75) is 65.6 Å². The molecule has 1 amide bonds. The van der Waals surface area contributed by atoms with Crippen molar-refractivity contribution in [2.75, 3.05) is 50.1 Å². The van der Waals surface area contributed by atoms with Crippen LogP contribution in [0.4, 0.5) is 11.8 Å². The average Bonchev–Trinajstić information content (AvgIpc) is 3.24. The molecule has 1 atom stereocenters. The van der Waals surface area contributed by atoms with Gasteiger partial charge >= 0.3 is 0 Å². The molecule has 2 N–H and O–H groups in total. The van der Waals surface area contributed by atoms with Crippen molar-refractivity contribution in [1.29, 1.82) is 0 Å². The molecular formula is C25H39N5O4. The van der Waals surface area contributed by atoms with Gasteiger partial charge in [0.05, 0.1) is 22.3 Å². The van der Waals surface area contributed by atoms with E-state index in [0.717, 1.165) is 12.8 Å². The average molecular weight is 477 g/mol. The number of ether oxygens (including phenoxy) is 3. The molecule has 1 aromatic heterocycles. The van der Waals surface area contributed by atoms with E-state index in [4.69, 9.17) is 23.3 Å². The summed E-state index contributed by atoms with van der Waals surface area (Å²) in [6.07, 6.45) is 1.06. The fourth-order valence-corrected chi connectivity index (χ4v) is 3.96. The van der Waals surface area contributed by atoms with Gasteiger partial charge in [-0.05, 0) is 59.9 Å². The Bertz CT molecular complexity index is 1100. The normalized spacial score (nSPS) is 19.8. The van der Waals surface area contributed by atoms with Gasteiger partial charge in [-0.2, -0.15) is 4.98 Å². The molecule has 1 fully saturated rings. The first-order chi connectivity index (χ1) is 17.2. The Balaban J connectivity index is 1.83. The number of anilines is 2. The maximum atomic E-state index is 12.5. The first-order valence-electron chi connectivity index (χ1n) is 13.3. The first kappa shape index (κ1) is 21.7. The number of benzene rings is 1. The van der Waals surface area contributed by atoms with E-state index in [1.807, 2.05) is 18.7 Å². The summed E-state index contributed by atoms with van der Waals surface area (Å²) in [5.74, 6) is 1.37. The van der Waals surface area contributed by atoms with E-state index in [-0.39, 0.29) is 17.4 Å². The highest BCUT2D eigenvalue weighted by atomic mass is 16.5. The number of hydrogen-bond acceptors (Lipinski definition) is 8. The smallest absolute Gasteiger partial charge is 0.251 e. The molecule has 188 valence electrons. The molecule has 1 aromatic carbocycles. The van der Waals surface area contributed by atoms with Gasteiger partial charge in [-0.25, -0.2) is 4.98 Å². The van der Waals surface area contributed by atoms with E-state index >= 15 is 0 Å². The third-order valence-electron chi connectivity index (χ3n) is 5.77. The van der Waals surface area contributed by atoms with Crippen LogP contribution < -0.4 is 25.0 Å². The van der Waals surface area contributed by atoms with Crippen molar-refractivity contribution in [3.8, 4) is 11.5 Å². The minimum absolute atomic E-state index is 0.0770. The number of nitrogens with one attached hydrogen (secondary N) is 2. The Morgan fingerprint density at radius 2 is 2.15 bits per heavy atom. The van der Waals surface area contributed by atoms with Crippen LogP contribution in [0.5, 0.6) is 11.5 Å². The molecule has 9 nitrogen and oxygen atoms in total. The molecular weight excluding hydrogens is 434 g/mol. The molecule has 9 heteroatoms. The lowest BCUT2D eigenvalue weighted by molar-refractivity contribution is -0.139. The SMILES string of the molecule is [2H]C([2H])(C)Oc1cc2c(NC)nc(N(CC)CCCNC(=O)C3(C)CCCO3)nc2cc1OC([2H])(C)C. The lowest BCUT2D eigenvalue weighted by Gasteiger charge is -2.24. The highest BCUT2D eigenvalue weighted by molar-refractivity contribution is 5.92. The first-order valence-corrected chi connectivity index (χ1v) is 11.8. The lowest BCUT2D eigenvalue weighted by Crippen LogP contribution is -2.44. The zero-order chi connectivity index (χ0) is 27.4. The summed E-state index contributed by atoms with van der Waals surface area (Å²) in [7, 11) is 1.75. The molecule has 0 saturated carbocycles. The number of fused-ring (bicyclic) bond motifs is 1. The summed E-state index contributed by atoms with van der Waals surface area (Å²) >= 11 is 0. The van der Waals surface area contributed by atoms with Crippen LogP contribution in [0.25, 0.3) is 10.9 Å².